The summed E-state index contributed by atoms with van der Waals surface area (Å²) in [6, 6.07) is 5.52. The molecule has 0 fully saturated rings. The van der Waals surface area contributed by atoms with E-state index in [1.165, 1.54) is 11.1 Å². The maximum atomic E-state index is 13.0. The normalized spacial score (nSPS) is 19.7. The van der Waals surface area contributed by atoms with Gasteiger partial charge in [0.05, 0.1) is 0 Å². The van der Waals surface area contributed by atoms with Crippen molar-refractivity contribution < 1.29 is 4.39 Å². The highest BCUT2D eigenvalue weighted by Gasteiger charge is 2.21. The molecule has 0 spiro atoms. The average Bonchev–Trinajstić information content (AvgIpc) is 2.57. The van der Waals surface area contributed by atoms with E-state index in [9.17, 15) is 4.39 Å². The van der Waals surface area contributed by atoms with Gasteiger partial charge >= 0.3 is 0 Å². The smallest absolute Gasteiger partial charge is 0.123 e. The van der Waals surface area contributed by atoms with Crippen molar-refractivity contribution in [2.45, 2.75) is 32.2 Å². The summed E-state index contributed by atoms with van der Waals surface area (Å²) >= 11 is 0. The molecular weight excluding hydrogens is 177 g/mol. The van der Waals surface area contributed by atoms with Crippen molar-refractivity contribution in [2.75, 3.05) is 6.54 Å². The lowest BCUT2D eigenvalue weighted by atomic mass is 10.1. The van der Waals surface area contributed by atoms with Crippen LogP contribution in [0.1, 0.15) is 36.9 Å². The summed E-state index contributed by atoms with van der Waals surface area (Å²) in [5, 5.41) is 3.45. The van der Waals surface area contributed by atoms with Gasteiger partial charge in [0.25, 0.3) is 0 Å². The first-order valence-corrected chi connectivity index (χ1v) is 5.33. The third-order valence-corrected chi connectivity index (χ3v) is 2.83. The molecule has 0 bridgehead atoms. The summed E-state index contributed by atoms with van der Waals surface area (Å²) in [4.78, 5) is 0. The van der Waals surface area contributed by atoms with Gasteiger partial charge in [0.15, 0.2) is 0 Å². The zero-order chi connectivity index (χ0) is 9.97. The fraction of sp³-hybridized carbons (Fsp3) is 0.500. The second-order valence-electron chi connectivity index (χ2n) is 3.89. The predicted octanol–water partition coefficient (Wildman–Crippen LogP) is 2.81. The van der Waals surface area contributed by atoms with Crippen LogP contribution in [0.5, 0.6) is 0 Å². The van der Waals surface area contributed by atoms with Crippen molar-refractivity contribution in [3.05, 3.63) is 35.1 Å². The van der Waals surface area contributed by atoms with Crippen LogP contribution in [0.4, 0.5) is 4.39 Å². The van der Waals surface area contributed by atoms with E-state index >= 15 is 0 Å². The van der Waals surface area contributed by atoms with Crippen LogP contribution in [0.3, 0.4) is 0 Å². The Labute approximate surface area is 84.3 Å². The summed E-state index contributed by atoms with van der Waals surface area (Å²) in [6.45, 7) is 3.16. The summed E-state index contributed by atoms with van der Waals surface area (Å²) < 4.78 is 13.0. The van der Waals surface area contributed by atoms with Crippen LogP contribution in [-0.2, 0) is 6.42 Å². The SMILES string of the molecule is CCCNC1CCc2ccc(F)cc21. The summed E-state index contributed by atoms with van der Waals surface area (Å²) in [6.07, 6.45) is 3.32. The number of benzene rings is 1. The molecule has 0 radical (unpaired) electrons. The third-order valence-electron chi connectivity index (χ3n) is 2.83. The van der Waals surface area contributed by atoms with Gasteiger partial charge in [-0.15, -0.1) is 0 Å². The molecule has 1 unspecified atom stereocenters. The zero-order valence-electron chi connectivity index (χ0n) is 8.52. The fourth-order valence-corrected chi connectivity index (χ4v) is 2.10. The Morgan fingerprint density at radius 3 is 3.14 bits per heavy atom. The largest absolute Gasteiger partial charge is 0.310 e. The molecule has 1 aliphatic rings. The first-order chi connectivity index (χ1) is 6.81. The minimum absolute atomic E-state index is 0.117. The van der Waals surface area contributed by atoms with Gasteiger partial charge in [0.1, 0.15) is 5.82 Å². The lowest BCUT2D eigenvalue weighted by molar-refractivity contribution is 0.526. The lowest BCUT2D eigenvalue weighted by Gasteiger charge is -2.12. The topological polar surface area (TPSA) is 12.0 Å². The molecule has 1 nitrogen and oxygen atoms in total. The molecule has 1 aromatic rings. The number of aryl methyl sites for hydroxylation is 1. The van der Waals surface area contributed by atoms with Gasteiger partial charge < -0.3 is 5.32 Å². The zero-order valence-corrected chi connectivity index (χ0v) is 8.52. The van der Waals surface area contributed by atoms with Crippen molar-refractivity contribution >= 4 is 0 Å². The van der Waals surface area contributed by atoms with Crippen LogP contribution in [0, 0.1) is 5.82 Å². The molecule has 0 amide bonds. The molecule has 1 atom stereocenters. The highest BCUT2D eigenvalue weighted by molar-refractivity contribution is 5.34. The van der Waals surface area contributed by atoms with E-state index in [4.69, 9.17) is 0 Å². The lowest BCUT2D eigenvalue weighted by Crippen LogP contribution is -2.19. The Hall–Kier alpha value is -0.890. The van der Waals surface area contributed by atoms with E-state index in [0.29, 0.717) is 6.04 Å². The number of fused-ring (bicyclic) bond motifs is 1. The summed E-state index contributed by atoms with van der Waals surface area (Å²) in [5.74, 6) is -0.117. The first-order valence-electron chi connectivity index (χ1n) is 5.33. The van der Waals surface area contributed by atoms with E-state index in [0.717, 1.165) is 25.8 Å². The van der Waals surface area contributed by atoms with Crippen LogP contribution in [0.25, 0.3) is 0 Å². The monoisotopic (exact) mass is 193 g/mol. The highest BCUT2D eigenvalue weighted by atomic mass is 19.1. The number of nitrogens with one attached hydrogen (secondary N) is 1. The molecule has 14 heavy (non-hydrogen) atoms. The minimum atomic E-state index is -0.117. The number of rotatable bonds is 3. The molecule has 76 valence electrons. The standard InChI is InChI=1S/C12H16FN/c1-2-7-14-12-6-4-9-3-5-10(13)8-11(9)12/h3,5,8,12,14H,2,4,6-7H2,1H3. The minimum Gasteiger partial charge on any atom is -0.310 e. The highest BCUT2D eigenvalue weighted by Crippen LogP contribution is 2.31. The van der Waals surface area contributed by atoms with Gasteiger partial charge in [0, 0.05) is 6.04 Å². The van der Waals surface area contributed by atoms with E-state index in [2.05, 4.69) is 12.2 Å². The molecule has 0 heterocycles. The Morgan fingerprint density at radius 1 is 1.50 bits per heavy atom. The second kappa shape index (κ2) is 4.09. The van der Waals surface area contributed by atoms with Crippen molar-refractivity contribution in [3.8, 4) is 0 Å². The van der Waals surface area contributed by atoms with Crippen molar-refractivity contribution in [2.24, 2.45) is 0 Å². The van der Waals surface area contributed by atoms with Gasteiger partial charge in [0.2, 0.25) is 0 Å². The molecule has 1 N–H and O–H groups in total. The number of hydrogen-bond acceptors (Lipinski definition) is 1. The van der Waals surface area contributed by atoms with Gasteiger partial charge in [-0.25, -0.2) is 4.39 Å². The van der Waals surface area contributed by atoms with Gasteiger partial charge in [-0.05, 0) is 49.1 Å². The predicted molar refractivity (Wildman–Crippen MR) is 55.8 cm³/mol. The molecule has 1 aliphatic carbocycles. The Morgan fingerprint density at radius 2 is 2.36 bits per heavy atom. The van der Waals surface area contributed by atoms with E-state index in [1.807, 2.05) is 6.07 Å². The van der Waals surface area contributed by atoms with E-state index in [-0.39, 0.29) is 5.82 Å². The number of halogens is 1. The third kappa shape index (κ3) is 1.80. The maximum absolute atomic E-state index is 13.0. The summed E-state index contributed by atoms with van der Waals surface area (Å²) in [5.41, 5.74) is 2.47. The molecule has 0 aliphatic heterocycles. The first kappa shape index (κ1) is 9.66. The van der Waals surface area contributed by atoms with Gasteiger partial charge in [-0.2, -0.15) is 0 Å². The van der Waals surface area contributed by atoms with Gasteiger partial charge in [-0.3, -0.25) is 0 Å². The van der Waals surface area contributed by atoms with Gasteiger partial charge in [-0.1, -0.05) is 13.0 Å². The Kier molecular flexibility index (Phi) is 2.82. The van der Waals surface area contributed by atoms with Crippen LogP contribution in [-0.4, -0.2) is 6.54 Å². The van der Waals surface area contributed by atoms with Crippen LogP contribution >= 0.6 is 0 Å². The Bertz CT molecular complexity index is 322. The van der Waals surface area contributed by atoms with Crippen molar-refractivity contribution in [1.82, 2.24) is 5.32 Å². The van der Waals surface area contributed by atoms with Crippen LogP contribution in [0.2, 0.25) is 0 Å². The summed E-state index contributed by atoms with van der Waals surface area (Å²) in [7, 11) is 0. The average molecular weight is 193 g/mol. The van der Waals surface area contributed by atoms with E-state index in [1.54, 1.807) is 12.1 Å². The quantitative estimate of drug-likeness (QED) is 0.778. The van der Waals surface area contributed by atoms with E-state index < -0.39 is 0 Å². The molecule has 0 saturated heterocycles. The van der Waals surface area contributed by atoms with Crippen LogP contribution in [0.15, 0.2) is 18.2 Å². The Balaban J connectivity index is 2.16. The van der Waals surface area contributed by atoms with Crippen molar-refractivity contribution in [1.29, 1.82) is 0 Å². The fourth-order valence-electron chi connectivity index (χ4n) is 2.10. The second-order valence-corrected chi connectivity index (χ2v) is 3.89. The molecule has 2 heteroatoms. The molecular formula is C12H16FN. The van der Waals surface area contributed by atoms with Crippen LogP contribution < -0.4 is 5.32 Å². The maximum Gasteiger partial charge on any atom is 0.123 e. The van der Waals surface area contributed by atoms with Crippen molar-refractivity contribution in [3.63, 3.8) is 0 Å². The molecule has 0 aromatic heterocycles. The number of hydrogen-bond donors (Lipinski definition) is 1. The molecule has 1 aromatic carbocycles. The molecule has 0 saturated carbocycles. The molecule has 2 rings (SSSR count).